The molecule has 0 aliphatic heterocycles. The molecule has 0 saturated carbocycles. The van der Waals surface area contributed by atoms with Crippen molar-refractivity contribution in [2.45, 2.75) is 38.9 Å². The van der Waals surface area contributed by atoms with Gasteiger partial charge in [0.1, 0.15) is 0 Å². The third-order valence-electron chi connectivity index (χ3n) is 1.45. The van der Waals surface area contributed by atoms with Gasteiger partial charge < -0.3 is 9.84 Å². The average Bonchev–Trinajstić information content (AvgIpc) is 2.01. The van der Waals surface area contributed by atoms with Crippen LogP contribution in [0.25, 0.3) is 0 Å². The number of hydrogen-bond donors (Lipinski definition) is 1. The molecule has 1 N–H and O–H groups in total. The van der Waals surface area contributed by atoms with Crippen LogP contribution in [0.3, 0.4) is 0 Å². The fourth-order valence-corrected chi connectivity index (χ4v) is 0.899. The molecule has 0 fully saturated rings. The number of aliphatic hydroxyl groups is 1. The molecule has 0 heterocycles. The molecule has 0 saturated heterocycles. The Balaban J connectivity index is 3.22. The van der Waals surface area contributed by atoms with Gasteiger partial charge in [-0.1, -0.05) is 13.3 Å². The zero-order valence-electron chi connectivity index (χ0n) is 7.22. The molecule has 0 aromatic rings. The first kappa shape index (κ1) is 11.2. The van der Waals surface area contributed by atoms with Crippen LogP contribution in [0, 0.1) is 0 Å². The van der Waals surface area contributed by atoms with E-state index in [0.29, 0.717) is 6.61 Å². The average molecular weight is 181 g/mol. The third-order valence-corrected chi connectivity index (χ3v) is 1.80. The van der Waals surface area contributed by atoms with E-state index in [1.807, 2.05) is 6.92 Å². The van der Waals surface area contributed by atoms with E-state index in [1.165, 1.54) is 0 Å². The summed E-state index contributed by atoms with van der Waals surface area (Å²) in [5.74, 6) is 0.249. The summed E-state index contributed by atoms with van der Waals surface area (Å²) in [5, 5.41) is 9.02. The van der Waals surface area contributed by atoms with Crippen LogP contribution in [0.5, 0.6) is 0 Å². The van der Waals surface area contributed by atoms with Crippen molar-refractivity contribution < 1.29 is 9.84 Å². The topological polar surface area (TPSA) is 29.5 Å². The predicted octanol–water partition coefficient (Wildman–Crippen LogP) is 1.79. The second-order valence-electron chi connectivity index (χ2n) is 2.74. The van der Waals surface area contributed by atoms with Crippen molar-refractivity contribution in [2.75, 3.05) is 12.5 Å². The van der Waals surface area contributed by atoms with Gasteiger partial charge in [-0.3, -0.25) is 0 Å². The zero-order chi connectivity index (χ0) is 8.69. The van der Waals surface area contributed by atoms with Crippen molar-refractivity contribution in [3.8, 4) is 0 Å². The van der Waals surface area contributed by atoms with Crippen LogP contribution in [0.2, 0.25) is 0 Å². The molecule has 0 aromatic heterocycles. The van der Waals surface area contributed by atoms with Gasteiger partial charge in [0.05, 0.1) is 24.7 Å². The van der Waals surface area contributed by atoms with Crippen molar-refractivity contribution in [3.63, 3.8) is 0 Å². The third kappa shape index (κ3) is 6.60. The first-order valence-corrected chi connectivity index (χ1v) is 4.59. The first-order chi connectivity index (χ1) is 5.20. The maximum atomic E-state index is 9.02. The molecule has 2 nitrogen and oxygen atoms in total. The molecule has 11 heavy (non-hydrogen) atoms. The van der Waals surface area contributed by atoms with Gasteiger partial charge in [0.2, 0.25) is 0 Å². The molecule has 0 aliphatic carbocycles. The van der Waals surface area contributed by atoms with Gasteiger partial charge >= 0.3 is 0 Å². The number of rotatable bonds is 6. The normalized spacial score (nSPS) is 16.4. The smallest absolute Gasteiger partial charge is 0.0908 e. The highest BCUT2D eigenvalue weighted by atomic mass is 35.5. The maximum Gasteiger partial charge on any atom is 0.0908 e. The Morgan fingerprint density at radius 2 is 2.18 bits per heavy atom. The van der Waals surface area contributed by atoms with Crippen LogP contribution in [0.4, 0.5) is 0 Å². The molecule has 0 rings (SSSR count). The minimum Gasteiger partial charge on any atom is -0.389 e. The number of alkyl halides is 1. The lowest BCUT2D eigenvalue weighted by atomic mass is 10.2. The molecule has 0 aliphatic rings. The van der Waals surface area contributed by atoms with Gasteiger partial charge in [-0.2, -0.15) is 0 Å². The van der Waals surface area contributed by atoms with Crippen LogP contribution < -0.4 is 0 Å². The van der Waals surface area contributed by atoms with Gasteiger partial charge in [0, 0.05) is 0 Å². The van der Waals surface area contributed by atoms with Crippen molar-refractivity contribution in [2.24, 2.45) is 0 Å². The summed E-state index contributed by atoms with van der Waals surface area (Å²) in [6.45, 7) is 4.47. The summed E-state index contributed by atoms with van der Waals surface area (Å²) < 4.78 is 5.30. The standard InChI is InChI=1S/C8H17ClO2/c1-3-4-7(2)11-6-8(10)5-9/h7-8,10H,3-6H2,1-2H3. The molecule has 3 heteroatoms. The van der Waals surface area contributed by atoms with Crippen LogP contribution in [0.1, 0.15) is 26.7 Å². The Kier molecular flexibility index (Phi) is 7.02. The van der Waals surface area contributed by atoms with Gasteiger partial charge in [0.15, 0.2) is 0 Å². The van der Waals surface area contributed by atoms with E-state index in [0.717, 1.165) is 12.8 Å². The molecular weight excluding hydrogens is 164 g/mol. The second kappa shape index (κ2) is 6.89. The van der Waals surface area contributed by atoms with E-state index in [9.17, 15) is 0 Å². The van der Waals surface area contributed by atoms with Crippen LogP contribution in [-0.2, 0) is 4.74 Å². The van der Waals surface area contributed by atoms with E-state index in [2.05, 4.69) is 6.92 Å². The van der Waals surface area contributed by atoms with E-state index >= 15 is 0 Å². The van der Waals surface area contributed by atoms with E-state index in [4.69, 9.17) is 21.4 Å². The SMILES string of the molecule is CCCC(C)OCC(O)CCl. The fourth-order valence-electron chi connectivity index (χ4n) is 0.810. The van der Waals surface area contributed by atoms with Crippen LogP contribution in [-0.4, -0.2) is 29.8 Å². The van der Waals surface area contributed by atoms with Crippen molar-refractivity contribution in [3.05, 3.63) is 0 Å². The molecular formula is C8H17ClO2. The highest BCUT2D eigenvalue weighted by Crippen LogP contribution is 2.01. The second-order valence-corrected chi connectivity index (χ2v) is 3.05. The Bertz CT molecular complexity index is 88.2. The minimum absolute atomic E-state index is 0.234. The highest BCUT2D eigenvalue weighted by Gasteiger charge is 2.05. The summed E-state index contributed by atoms with van der Waals surface area (Å²) in [7, 11) is 0. The number of hydrogen-bond acceptors (Lipinski definition) is 2. The van der Waals surface area contributed by atoms with Crippen molar-refractivity contribution >= 4 is 11.6 Å². The molecule has 0 spiro atoms. The molecule has 68 valence electrons. The van der Waals surface area contributed by atoms with Crippen LogP contribution >= 0.6 is 11.6 Å². The maximum absolute atomic E-state index is 9.02. The van der Waals surface area contributed by atoms with Gasteiger partial charge in [-0.15, -0.1) is 11.6 Å². The van der Waals surface area contributed by atoms with Crippen LogP contribution in [0.15, 0.2) is 0 Å². The lowest BCUT2D eigenvalue weighted by molar-refractivity contribution is 0.00318. The zero-order valence-corrected chi connectivity index (χ0v) is 7.97. The molecule has 0 bridgehead atoms. The highest BCUT2D eigenvalue weighted by molar-refractivity contribution is 6.18. The lowest BCUT2D eigenvalue weighted by Gasteiger charge is -2.13. The van der Waals surface area contributed by atoms with Crippen molar-refractivity contribution in [1.29, 1.82) is 0 Å². The van der Waals surface area contributed by atoms with E-state index < -0.39 is 6.10 Å². The molecule has 2 atom stereocenters. The quantitative estimate of drug-likeness (QED) is 0.632. The fraction of sp³-hybridized carbons (Fsp3) is 1.00. The summed E-state index contributed by atoms with van der Waals surface area (Å²) in [6.07, 6.45) is 1.86. The molecule has 0 aromatic carbocycles. The minimum atomic E-state index is -0.518. The van der Waals surface area contributed by atoms with Gasteiger partial charge in [-0.05, 0) is 13.3 Å². The van der Waals surface area contributed by atoms with Crippen molar-refractivity contribution in [1.82, 2.24) is 0 Å². The Morgan fingerprint density at radius 3 is 2.64 bits per heavy atom. The summed E-state index contributed by atoms with van der Waals surface area (Å²) in [6, 6.07) is 0. The Morgan fingerprint density at radius 1 is 1.55 bits per heavy atom. The number of ether oxygens (including phenoxy) is 1. The molecule has 0 radical (unpaired) electrons. The largest absolute Gasteiger partial charge is 0.389 e. The summed E-state index contributed by atoms with van der Waals surface area (Å²) in [4.78, 5) is 0. The predicted molar refractivity (Wildman–Crippen MR) is 47.0 cm³/mol. The number of aliphatic hydroxyl groups excluding tert-OH is 1. The Hall–Kier alpha value is 0.210. The molecule has 2 unspecified atom stereocenters. The molecule has 0 amide bonds. The first-order valence-electron chi connectivity index (χ1n) is 4.06. The van der Waals surface area contributed by atoms with Gasteiger partial charge in [0.25, 0.3) is 0 Å². The monoisotopic (exact) mass is 180 g/mol. The number of halogens is 1. The lowest BCUT2D eigenvalue weighted by Crippen LogP contribution is -2.20. The Labute approximate surface area is 73.5 Å². The summed E-state index contributed by atoms with van der Waals surface area (Å²) >= 11 is 5.38. The van der Waals surface area contributed by atoms with Gasteiger partial charge in [-0.25, -0.2) is 0 Å². The van der Waals surface area contributed by atoms with E-state index in [1.54, 1.807) is 0 Å². The van der Waals surface area contributed by atoms with E-state index in [-0.39, 0.29) is 12.0 Å². The summed E-state index contributed by atoms with van der Waals surface area (Å²) in [5.41, 5.74) is 0.